The highest BCUT2D eigenvalue weighted by atomic mass is 32.2. The number of ether oxygens (including phenoxy) is 1. The Morgan fingerprint density at radius 2 is 1.89 bits per heavy atom. The lowest BCUT2D eigenvalue weighted by molar-refractivity contribution is -0.384. The van der Waals surface area contributed by atoms with Gasteiger partial charge in [0.05, 0.1) is 29.7 Å². The van der Waals surface area contributed by atoms with Crippen molar-refractivity contribution in [2.45, 2.75) is 6.92 Å². The number of rotatable bonds is 6. The van der Waals surface area contributed by atoms with Crippen LogP contribution in [0.2, 0.25) is 0 Å². The van der Waals surface area contributed by atoms with Crippen LogP contribution >= 0.6 is 0 Å². The molecule has 0 aromatic heterocycles. The van der Waals surface area contributed by atoms with E-state index in [2.05, 4.69) is 5.32 Å². The topological polar surface area (TPSA) is 119 Å². The van der Waals surface area contributed by atoms with E-state index in [-0.39, 0.29) is 22.7 Å². The van der Waals surface area contributed by atoms with Gasteiger partial charge in [0.15, 0.2) is 0 Å². The van der Waals surface area contributed by atoms with Crippen LogP contribution < -0.4 is 14.4 Å². The first-order valence-corrected chi connectivity index (χ1v) is 9.57. The van der Waals surface area contributed by atoms with Crippen LogP contribution in [0.3, 0.4) is 0 Å². The zero-order chi connectivity index (χ0) is 20.4. The summed E-state index contributed by atoms with van der Waals surface area (Å²) in [5.74, 6) is -0.232. The van der Waals surface area contributed by atoms with Gasteiger partial charge in [-0.2, -0.15) is 0 Å². The van der Waals surface area contributed by atoms with Gasteiger partial charge in [-0.25, -0.2) is 8.42 Å². The standard InChI is InChI=1S/C17H19N3O6S/c1-11-9-12(5-7-15(11)19(2)27(4,24)25)17(21)18-14-10-13(20(22)23)6-8-16(14)26-3/h5-10H,1-4H3,(H,18,21). The number of methoxy groups -OCH3 is 1. The van der Waals surface area contributed by atoms with Crippen LogP contribution in [-0.4, -0.2) is 39.7 Å². The Morgan fingerprint density at radius 1 is 1.22 bits per heavy atom. The van der Waals surface area contributed by atoms with Gasteiger partial charge in [0.2, 0.25) is 10.0 Å². The summed E-state index contributed by atoms with van der Waals surface area (Å²) in [6.45, 7) is 1.68. The third kappa shape index (κ3) is 4.53. The lowest BCUT2D eigenvalue weighted by Gasteiger charge is -2.19. The Labute approximate surface area is 156 Å². The number of sulfonamides is 1. The fourth-order valence-electron chi connectivity index (χ4n) is 2.43. The number of nitro benzene ring substituents is 1. The smallest absolute Gasteiger partial charge is 0.271 e. The number of non-ortho nitro benzene ring substituents is 1. The number of amides is 1. The number of carbonyl (C=O) groups is 1. The van der Waals surface area contributed by atoms with E-state index in [9.17, 15) is 23.3 Å². The number of carbonyl (C=O) groups excluding carboxylic acids is 1. The number of hydrogen-bond acceptors (Lipinski definition) is 6. The number of nitro groups is 1. The number of nitrogens with one attached hydrogen (secondary N) is 1. The van der Waals surface area contributed by atoms with Crippen molar-refractivity contribution in [3.8, 4) is 5.75 Å². The number of anilines is 2. The summed E-state index contributed by atoms with van der Waals surface area (Å²) in [5.41, 5.74) is 1.27. The molecule has 1 amide bonds. The minimum Gasteiger partial charge on any atom is -0.495 e. The molecule has 0 fully saturated rings. The highest BCUT2D eigenvalue weighted by Gasteiger charge is 2.18. The van der Waals surface area contributed by atoms with Gasteiger partial charge in [-0.1, -0.05) is 0 Å². The lowest BCUT2D eigenvalue weighted by Crippen LogP contribution is -2.25. The van der Waals surface area contributed by atoms with Crippen molar-refractivity contribution < 1.29 is 22.9 Å². The van der Waals surface area contributed by atoms with Gasteiger partial charge in [0, 0.05) is 24.7 Å². The third-order valence-corrected chi connectivity index (χ3v) is 5.13. The first-order valence-electron chi connectivity index (χ1n) is 7.73. The summed E-state index contributed by atoms with van der Waals surface area (Å²) < 4.78 is 29.6. The number of benzene rings is 2. The minimum atomic E-state index is -3.43. The molecule has 9 nitrogen and oxygen atoms in total. The maximum Gasteiger partial charge on any atom is 0.271 e. The molecule has 0 heterocycles. The normalized spacial score (nSPS) is 11.0. The fraction of sp³-hybridized carbons (Fsp3) is 0.235. The minimum absolute atomic E-state index is 0.159. The van der Waals surface area contributed by atoms with Crippen molar-refractivity contribution in [2.75, 3.05) is 30.0 Å². The van der Waals surface area contributed by atoms with E-state index in [0.717, 1.165) is 10.6 Å². The quantitative estimate of drug-likeness (QED) is 0.595. The highest BCUT2D eigenvalue weighted by Crippen LogP contribution is 2.30. The van der Waals surface area contributed by atoms with Gasteiger partial charge in [0.1, 0.15) is 5.75 Å². The molecule has 0 aliphatic carbocycles. The van der Waals surface area contributed by atoms with Crippen LogP contribution in [0.15, 0.2) is 36.4 Å². The molecule has 0 unspecified atom stereocenters. The van der Waals surface area contributed by atoms with E-state index in [1.54, 1.807) is 6.92 Å². The number of nitrogens with zero attached hydrogens (tertiary/aromatic N) is 2. The molecule has 0 atom stereocenters. The van der Waals surface area contributed by atoms with E-state index in [0.29, 0.717) is 11.3 Å². The zero-order valence-electron chi connectivity index (χ0n) is 15.2. The second-order valence-corrected chi connectivity index (χ2v) is 7.84. The molecule has 0 radical (unpaired) electrons. The van der Waals surface area contributed by atoms with Crippen LogP contribution in [0.1, 0.15) is 15.9 Å². The first kappa shape index (κ1) is 20.2. The Balaban J connectivity index is 2.33. The predicted molar refractivity (Wildman–Crippen MR) is 102 cm³/mol. The summed E-state index contributed by atoms with van der Waals surface area (Å²) in [7, 11) is -0.622. The molecule has 10 heteroatoms. The Morgan fingerprint density at radius 3 is 2.41 bits per heavy atom. The molecule has 2 aromatic rings. The van der Waals surface area contributed by atoms with E-state index >= 15 is 0 Å². The monoisotopic (exact) mass is 393 g/mol. The second kappa shape index (κ2) is 7.62. The molecule has 144 valence electrons. The molecule has 0 aliphatic rings. The van der Waals surface area contributed by atoms with E-state index in [4.69, 9.17) is 4.74 Å². The van der Waals surface area contributed by atoms with Crippen molar-refractivity contribution >= 4 is 33.0 Å². The summed E-state index contributed by atoms with van der Waals surface area (Å²) in [4.78, 5) is 22.9. The predicted octanol–water partition coefficient (Wildman–Crippen LogP) is 2.56. The molecule has 27 heavy (non-hydrogen) atoms. The average molecular weight is 393 g/mol. The molecule has 1 N–H and O–H groups in total. The average Bonchev–Trinajstić information content (AvgIpc) is 2.60. The maximum absolute atomic E-state index is 12.5. The lowest BCUT2D eigenvalue weighted by atomic mass is 10.1. The summed E-state index contributed by atoms with van der Waals surface area (Å²) in [6, 6.07) is 8.41. The maximum atomic E-state index is 12.5. The van der Waals surface area contributed by atoms with Crippen molar-refractivity contribution in [3.05, 3.63) is 57.6 Å². The summed E-state index contributed by atoms with van der Waals surface area (Å²) >= 11 is 0. The largest absolute Gasteiger partial charge is 0.495 e. The van der Waals surface area contributed by atoms with Crippen LogP contribution in [0.25, 0.3) is 0 Å². The van der Waals surface area contributed by atoms with Crippen LogP contribution in [-0.2, 0) is 10.0 Å². The van der Waals surface area contributed by atoms with E-state index in [1.165, 1.54) is 50.6 Å². The Kier molecular flexibility index (Phi) is 5.69. The molecular weight excluding hydrogens is 374 g/mol. The highest BCUT2D eigenvalue weighted by molar-refractivity contribution is 7.92. The molecule has 0 saturated carbocycles. The Hall–Kier alpha value is -3.14. The molecule has 2 aromatic carbocycles. The first-order chi connectivity index (χ1) is 12.5. The number of hydrogen-bond donors (Lipinski definition) is 1. The number of aryl methyl sites for hydroxylation is 1. The third-order valence-electron chi connectivity index (χ3n) is 3.94. The van der Waals surface area contributed by atoms with Crippen LogP contribution in [0, 0.1) is 17.0 Å². The van der Waals surface area contributed by atoms with Crippen LogP contribution in [0.5, 0.6) is 5.75 Å². The van der Waals surface area contributed by atoms with E-state index < -0.39 is 20.9 Å². The van der Waals surface area contributed by atoms with Gasteiger partial charge in [0.25, 0.3) is 11.6 Å². The molecule has 2 rings (SSSR count). The molecular formula is C17H19N3O6S. The second-order valence-electron chi connectivity index (χ2n) is 5.83. The zero-order valence-corrected chi connectivity index (χ0v) is 16.0. The SMILES string of the molecule is COc1ccc([N+](=O)[O-])cc1NC(=O)c1ccc(N(C)S(C)(=O)=O)c(C)c1. The van der Waals surface area contributed by atoms with Crippen molar-refractivity contribution in [3.63, 3.8) is 0 Å². The van der Waals surface area contributed by atoms with Crippen molar-refractivity contribution in [1.82, 2.24) is 0 Å². The van der Waals surface area contributed by atoms with Gasteiger partial charge >= 0.3 is 0 Å². The summed E-state index contributed by atoms with van der Waals surface area (Å²) in [6.07, 6.45) is 1.08. The molecule has 0 bridgehead atoms. The van der Waals surface area contributed by atoms with Crippen molar-refractivity contribution in [2.24, 2.45) is 0 Å². The van der Waals surface area contributed by atoms with Crippen LogP contribution in [0.4, 0.5) is 17.1 Å². The van der Waals surface area contributed by atoms with E-state index in [1.807, 2.05) is 0 Å². The molecule has 0 spiro atoms. The Bertz CT molecular complexity index is 1000. The molecule has 0 saturated heterocycles. The fourth-order valence-corrected chi connectivity index (χ4v) is 2.99. The van der Waals surface area contributed by atoms with Gasteiger partial charge < -0.3 is 10.1 Å². The summed E-state index contributed by atoms with van der Waals surface area (Å²) in [5, 5.41) is 13.5. The van der Waals surface area contributed by atoms with Crippen molar-refractivity contribution in [1.29, 1.82) is 0 Å². The van der Waals surface area contributed by atoms with Gasteiger partial charge in [-0.3, -0.25) is 19.2 Å². The van der Waals surface area contributed by atoms with Gasteiger partial charge in [-0.05, 0) is 36.8 Å². The molecule has 0 aliphatic heterocycles. The van der Waals surface area contributed by atoms with Gasteiger partial charge in [-0.15, -0.1) is 0 Å².